The number of ether oxygens (including phenoxy) is 1. The second-order valence-electron chi connectivity index (χ2n) is 4.98. The molecule has 2 rings (SSSR count). The van der Waals surface area contributed by atoms with Crippen molar-refractivity contribution in [2.24, 2.45) is 5.10 Å². The first-order valence-corrected chi connectivity index (χ1v) is 7.48. The number of carbonyl (C=O) groups is 2. The van der Waals surface area contributed by atoms with Gasteiger partial charge in [0.05, 0.1) is 13.3 Å². The first kappa shape index (κ1) is 17.2. The molecule has 2 amide bonds. The van der Waals surface area contributed by atoms with Gasteiger partial charge in [-0.2, -0.15) is 5.10 Å². The zero-order chi connectivity index (χ0) is 17.2. The maximum Gasteiger partial charge on any atom is 0.240 e. The van der Waals surface area contributed by atoms with Crippen LogP contribution in [0.25, 0.3) is 0 Å². The fourth-order valence-electron chi connectivity index (χ4n) is 1.93. The summed E-state index contributed by atoms with van der Waals surface area (Å²) in [6.07, 6.45) is 1.67. The summed E-state index contributed by atoms with van der Waals surface area (Å²) in [6.45, 7) is 0. The standard InChI is InChI=1S/C18H19N3O3/c1-24-16-9-5-6-14(12-16)13-19-21-18(23)11-10-17(22)20-15-7-3-2-4-8-15/h2-9,12-13H,10-11H2,1H3,(H,20,22)(H,21,23)/b19-13-. The Labute approximate surface area is 140 Å². The van der Waals surface area contributed by atoms with Crippen molar-refractivity contribution < 1.29 is 14.3 Å². The summed E-state index contributed by atoms with van der Waals surface area (Å²) in [5.41, 5.74) is 3.91. The van der Waals surface area contributed by atoms with Gasteiger partial charge in [-0.3, -0.25) is 9.59 Å². The van der Waals surface area contributed by atoms with Crippen LogP contribution in [0.4, 0.5) is 5.69 Å². The van der Waals surface area contributed by atoms with Gasteiger partial charge in [0.1, 0.15) is 5.75 Å². The number of methoxy groups -OCH3 is 1. The Morgan fingerprint density at radius 3 is 2.54 bits per heavy atom. The summed E-state index contributed by atoms with van der Waals surface area (Å²) in [5.74, 6) is 0.174. The Bertz CT molecular complexity index is 714. The number of hydrazone groups is 1. The van der Waals surface area contributed by atoms with Crippen LogP contribution in [0.2, 0.25) is 0 Å². The maximum atomic E-state index is 11.7. The van der Waals surface area contributed by atoms with E-state index in [4.69, 9.17) is 4.74 Å². The van der Waals surface area contributed by atoms with Crippen molar-refractivity contribution in [3.8, 4) is 5.75 Å². The number of nitrogens with one attached hydrogen (secondary N) is 2. The van der Waals surface area contributed by atoms with Crippen molar-refractivity contribution in [3.63, 3.8) is 0 Å². The van der Waals surface area contributed by atoms with Gasteiger partial charge in [0.15, 0.2) is 0 Å². The predicted octanol–water partition coefficient (Wildman–Crippen LogP) is 2.56. The number of nitrogens with zero attached hydrogens (tertiary/aromatic N) is 1. The number of para-hydroxylation sites is 1. The van der Waals surface area contributed by atoms with Gasteiger partial charge in [-0.25, -0.2) is 5.43 Å². The molecule has 0 saturated carbocycles. The molecule has 24 heavy (non-hydrogen) atoms. The molecule has 2 N–H and O–H groups in total. The van der Waals surface area contributed by atoms with E-state index in [1.54, 1.807) is 25.3 Å². The number of amides is 2. The molecule has 0 aliphatic heterocycles. The summed E-state index contributed by atoms with van der Waals surface area (Å²) in [4.78, 5) is 23.4. The molecule has 6 nitrogen and oxygen atoms in total. The van der Waals surface area contributed by atoms with E-state index in [1.807, 2.05) is 36.4 Å². The minimum absolute atomic E-state index is 0.0636. The van der Waals surface area contributed by atoms with Gasteiger partial charge in [-0.05, 0) is 29.8 Å². The lowest BCUT2D eigenvalue weighted by Gasteiger charge is -2.04. The Hall–Kier alpha value is -3.15. The van der Waals surface area contributed by atoms with E-state index >= 15 is 0 Å². The molecule has 0 heterocycles. The molecule has 124 valence electrons. The van der Waals surface area contributed by atoms with Crippen molar-refractivity contribution in [3.05, 3.63) is 60.2 Å². The van der Waals surface area contributed by atoms with Gasteiger partial charge in [-0.1, -0.05) is 30.3 Å². The van der Waals surface area contributed by atoms with Crippen LogP contribution >= 0.6 is 0 Å². The topological polar surface area (TPSA) is 79.8 Å². The maximum absolute atomic E-state index is 11.7. The smallest absolute Gasteiger partial charge is 0.240 e. The van der Waals surface area contributed by atoms with Gasteiger partial charge in [0.2, 0.25) is 11.8 Å². The summed E-state index contributed by atoms with van der Waals surface area (Å²) in [7, 11) is 1.58. The van der Waals surface area contributed by atoms with Crippen molar-refractivity contribution in [2.75, 3.05) is 12.4 Å². The van der Waals surface area contributed by atoms with E-state index in [0.717, 1.165) is 5.56 Å². The molecule has 0 unspecified atom stereocenters. The van der Waals surface area contributed by atoms with Crippen molar-refractivity contribution >= 4 is 23.7 Å². The highest BCUT2D eigenvalue weighted by Crippen LogP contribution is 2.10. The van der Waals surface area contributed by atoms with Gasteiger partial charge < -0.3 is 10.1 Å². The first-order valence-electron chi connectivity index (χ1n) is 7.48. The van der Waals surface area contributed by atoms with Crippen molar-refractivity contribution in [1.29, 1.82) is 0 Å². The van der Waals surface area contributed by atoms with Crippen LogP contribution in [-0.2, 0) is 9.59 Å². The quantitative estimate of drug-likeness (QED) is 0.606. The van der Waals surface area contributed by atoms with Gasteiger partial charge in [0, 0.05) is 18.5 Å². The Balaban J connectivity index is 1.73. The van der Waals surface area contributed by atoms with Crippen LogP contribution in [0, 0.1) is 0 Å². The molecule has 0 atom stereocenters. The molecular weight excluding hydrogens is 306 g/mol. The Morgan fingerprint density at radius 1 is 1.04 bits per heavy atom. The molecular formula is C18H19N3O3. The highest BCUT2D eigenvalue weighted by Gasteiger charge is 2.06. The lowest BCUT2D eigenvalue weighted by molar-refractivity contribution is -0.124. The summed E-state index contributed by atoms with van der Waals surface area (Å²) in [5, 5.41) is 6.59. The fraction of sp³-hybridized carbons (Fsp3) is 0.167. The zero-order valence-corrected chi connectivity index (χ0v) is 13.4. The second kappa shape index (κ2) is 9.09. The zero-order valence-electron chi connectivity index (χ0n) is 13.4. The summed E-state index contributed by atoms with van der Waals surface area (Å²) < 4.78 is 5.10. The van der Waals surface area contributed by atoms with Gasteiger partial charge in [0.25, 0.3) is 0 Å². The third-order valence-electron chi connectivity index (χ3n) is 3.13. The van der Waals surface area contributed by atoms with E-state index in [-0.39, 0.29) is 24.7 Å². The molecule has 0 radical (unpaired) electrons. The average molecular weight is 325 g/mol. The third kappa shape index (κ3) is 5.92. The largest absolute Gasteiger partial charge is 0.497 e. The minimum Gasteiger partial charge on any atom is -0.497 e. The molecule has 0 aromatic heterocycles. The third-order valence-corrected chi connectivity index (χ3v) is 3.13. The normalized spacial score (nSPS) is 10.4. The van der Waals surface area contributed by atoms with Crippen LogP contribution in [0.15, 0.2) is 59.7 Å². The van der Waals surface area contributed by atoms with Gasteiger partial charge in [-0.15, -0.1) is 0 Å². The molecule has 6 heteroatoms. The fourth-order valence-corrected chi connectivity index (χ4v) is 1.93. The molecule has 0 saturated heterocycles. The molecule has 2 aromatic rings. The first-order chi connectivity index (χ1) is 11.7. The number of anilines is 1. The molecule has 0 aliphatic rings. The number of hydrogen-bond acceptors (Lipinski definition) is 4. The van der Waals surface area contributed by atoms with Crippen LogP contribution in [0.5, 0.6) is 5.75 Å². The van der Waals surface area contributed by atoms with E-state index < -0.39 is 0 Å². The molecule has 0 aliphatic carbocycles. The summed E-state index contributed by atoms with van der Waals surface area (Å²) in [6, 6.07) is 16.4. The van der Waals surface area contributed by atoms with Crippen molar-refractivity contribution in [1.82, 2.24) is 5.43 Å². The van der Waals surface area contributed by atoms with E-state index in [0.29, 0.717) is 11.4 Å². The van der Waals surface area contributed by atoms with E-state index in [9.17, 15) is 9.59 Å². The van der Waals surface area contributed by atoms with Crippen molar-refractivity contribution in [2.45, 2.75) is 12.8 Å². The molecule has 0 spiro atoms. The van der Waals surface area contributed by atoms with E-state index in [2.05, 4.69) is 15.8 Å². The Kier molecular flexibility index (Phi) is 6.52. The monoisotopic (exact) mass is 325 g/mol. The highest BCUT2D eigenvalue weighted by atomic mass is 16.5. The second-order valence-corrected chi connectivity index (χ2v) is 4.98. The van der Waals surface area contributed by atoms with E-state index in [1.165, 1.54) is 6.21 Å². The van der Waals surface area contributed by atoms with Crippen LogP contribution in [-0.4, -0.2) is 25.1 Å². The van der Waals surface area contributed by atoms with Gasteiger partial charge >= 0.3 is 0 Å². The highest BCUT2D eigenvalue weighted by molar-refractivity contribution is 5.93. The molecule has 2 aromatic carbocycles. The Morgan fingerprint density at radius 2 is 1.79 bits per heavy atom. The SMILES string of the molecule is COc1cccc(/C=N\NC(=O)CCC(=O)Nc2ccccc2)c1. The average Bonchev–Trinajstić information content (AvgIpc) is 2.61. The predicted molar refractivity (Wildman–Crippen MR) is 93.0 cm³/mol. The minimum atomic E-state index is -0.322. The number of rotatable bonds is 7. The lowest BCUT2D eigenvalue weighted by Crippen LogP contribution is -2.20. The number of benzene rings is 2. The lowest BCUT2D eigenvalue weighted by atomic mass is 10.2. The van der Waals surface area contributed by atoms with Crippen LogP contribution < -0.4 is 15.5 Å². The number of hydrogen-bond donors (Lipinski definition) is 2. The van der Waals surface area contributed by atoms with Crippen LogP contribution in [0.1, 0.15) is 18.4 Å². The number of carbonyl (C=O) groups excluding carboxylic acids is 2. The molecule has 0 bridgehead atoms. The van der Waals surface area contributed by atoms with Crippen LogP contribution in [0.3, 0.4) is 0 Å². The molecule has 0 fully saturated rings. The summed E-state index contributed by atoms with van der Waals surface area (Å²) >= 11 is 0.